The maximum Gasteiger partial charge on any atom is 0.132 e. The molecule has 1 saturated carbocycles. The van der Waals surface area contributed by atoms with Crippen molar-refractivity contribution >= 4 is 5.69 Å². The van der Waals surface area contributed by atoms with Crippen LogP contribution in [-0.4, -0.2) is 30.3 Å². The first-order valence-corrected chi connectivity index (χ1v) is 11.7. The highest BCUT2D eigenvalue weighted by Crippen LogP contribution is 2.44. The van der Waals surface area contributed by atoms with Crippen LogP contribution in [0.2, 0.25) is 0 Å². The van der Waals surface area contributed by atoms with Gasteiger partial charge in [0, 0.05) is 42.2 Å². The van der Waals surface area contributed by atoms with Gasteiger partial charge in [0.25, 0.3) is 0 Å². The molecule has 0 radical (unpaired) electrons. The van der Waals surface area contributed by atoms with E-state index in [1.807, 2.05) is 12.1 Å². The standard InChI is InChI=1S/C26H35FN2O/c1-3-28(4-2)22-14-12-20(13-15-22)25-23-10-7-8-16-26(23,30)17-18-29(25)19-21-9-5-6-11-24(21)27/h5-6,9,11-15,23,25,30H,3-4,7-8,10,16-19H2,1-2H3/p+1/t23-,25-,26-/m0/s1. The van der Waals surface area contributed by atoms with Gasteiger partial charge in [0.15, 0.2) is 0 Å². The minimum Gasteiger partial charge on any atom is -0.389 e. The fourth-order valence-electron chi connectivity index (χ4n) is 5.89. The molecule has 1 unspecified atom stereocenters. The molecule has 4 rings (SSSR count). The van der Waals surface area contributed by atoms with E-state index in [2.05, 4.69) is 43.0 Å². The van der Waals surface area contributed by atoms with Crippen LogP contribution in [0, 0.1) is 11.7 Å². The number of hydrogen-bond donors (Lipinski definition) is 2. The molecule has 0 spiro atoms. The molecule has 0 amide bonds. The molecule has 2 fully saturated rings. The third-order valence-corrected chi connectivity index (χ3v) is 7.54. The van der Waals surface area contributed by atoms with Gasteiger partial charge in [-0.25, -0.2) is 4.39 Å². The maximum atomic E-state index is 14.4. The first-order chi connectivity index (χ1) is 14.6. The molecule has 2 aromatic rings. The van der Waals surface area contributed by atoms with Crippen molar-refractivity contribution in [2.45, 2.75) is 64.1 Å². The van der Waals surface area contributed by atoms with Crippen LogP contribution in [0.15, 0.2) is 48.5 Å². The van der Waals surface area contributed by atoms with Crippen LogP contribution in [0.4, 0.5) is 10.1 Å². The van der Waals surface area contributed by atoms with Gasteiger partial charge in [0.2, 0.25) is 0 Å². The van der Waals surface area contributed by atoms with E-state index in [0.717, 1.165) is 50.9 Å². The van der Waals surface area contributed by atoms with E-state index < -0.39 is 5.60 Å². The number of likely N-dealkylation sites (tertiary alicyclic amines) is 1. The second-order valence-electron chi connectivity index (χ2n) is 9.12. The van der Waals surface area contributed by atoms with Crippen LogP contribution in [0.5, 0.6) is 0 Å². The molecule has 2 N–H and O–H groups in total. The molecule has 1 aliphatic heterocycles. The number of benzene rings is 2. The van der Waals surface area contributed by atoms with Crippen molar-refractivity contribution in [3.05, 3.63) is 65.5 Å². The molecule has 1 aliphatic carbocycles. The lowest BCUT2D eigenvalue weighted by molar-refractivity contribution is -0.958. The quantitative estimate of drug-likeness (QED) is 0.748. The molecule has 3 nitrogen and oxygen atoms in total. The monoisotopic (exact) mass is 411 g/mol. The van der Waals surface area contributed by atoms with Crippen LogP contribution in [-0.2, 0) is 6.54 Å². The summed E-state index contributed by atoms with van der Waals surface area (Å²) in [6.45, 7) is 7.89. The van der Waals surface area contributed by atoms with Crippen LogP contribution in [0.3, 0.4) is 0 Å². The first kappa shape index (κ1) is 21.3. The SMILES string of the molecule is CCN(CC)c1ccc([C@H]2[C@@H]3CCCC[C@]3(O)CC[NH+]2Cc2ccccc2F)cc1. The molecule has 2 aliphatic rings. The lowest BCUT2D eigenvalue weighted by atomic mass is 9.66. The van der Waals surface area contributed by atoms with Gasteiger partial charge in [-0.2, -0.15) is 0 Å². The fourth-order valence-corrected chi connectivity index (χ4v) is 5.89. The smallest absolute Gasteiger partial charge is 0.132 e. The molecule has 0 bridgehead atoms. The molecular weight excluding hydrogens is 375 g/mol. The molecule has 162 valence electrons. The fraction of sp³-hybridized carbons (Fsp3) is 0.538. The molecule has 1 saturated heterocycles. The zero-order valence-electron chi connectivity index (χ0n) is 18.4. The highest BCUT2D eigenvalue weighted by Gasteiger charge is 2.51. The number of nitrogens with one attached hydrogen (secondary N) is 1. The predicted octanol–water partition coefficient (Wildman–Crippen LogP) is 4.12. The van der Waals surface area contributed by atoms with Gasteiger partial charge in [0.1, 0.15) is 18.4 Å². The van der Waals surface area contributed by atoms with Gasteiger partial charge in [0.05, 0.1) is 12.1 Å². The molecule has 4 heteroatoms. The highest BCUT2D eigenvalue weighted by molar-refractivity contribution is 5.47. The number of aliphatic hydroxyl groups is 1. The summed E-state index contributed by atoms with van der Waals surface area (Å²) in [7, 11) is 0. The van der Waals surface area contributed by atoms with E-state index in [4.69, 9.17) is 0 Å². The summed E-state index contributed by atoms with van der Waals surface area (Å²) in [6, 6.07) is 16.3. The van der Waals surface area contributed by atoms with Crippen LogP contribution in [0.25, 0.3) is 0 Å². The first-order valence-electron chi connectivity index (χ1n) is 11.7. The summed E-state index contributed by atoms with van der Waals surface area (Å²) in [5.74, 6) is 0.117. The minimum absolute atomic E-state index is 0.120. The van der Waals surface area contributed by atoms with Gasteiger partial charge in [-0.3, -0.25) is 0 Å². The Labute approximate surface area is 180 Å². The van der Waals surface area contributed by atoms with E-state index >= 15 is 0 Å². The summed E-state index contributed by atoms with van der Waals surface area (Å²) in [6.07, 6.45) is 5.06. The van der Waals surface area contributed by atoms with Gasteiger partial charge in [-0.05, 0) is 44.9 Å². The van der Waals surface area contributed by atoms with Gasteiger partial charge in [-0.15, -0.1) is 0 Å². The average molecular weight is 412 g/mol. The highest BCUT2D eigenvalue weighted by atomic mass is 19.1. The second kappa shape index (κ2) is 9.07. The molecule has 1 heterocycles. The third kappa shape index (κ3) is 4.13. The summed E-state index contributed by atoms with van der Waals surface area (Å²) in [5.41, 5.74) is 2.73. The van der Waals surface area contributed by atoms with Crippen molar-refractivity contribution in [2.24, 2.45) is 5.92 Å². The zero-order chi connectivity index (χ0) is 21.1. The Kier molecular flexibility index (Phi) is 6.45. The summed E-state index contributed by atoms with van der Waals surface area (Å²) in [4.78, 5) is 3.73. The zero-order valence-corrected chi connectivity index (χ0v) is 18.4. The molecule has 0 aromatic heterocycles. The Morgan fingerprint density at radius 1 is 1.03 bits per heavy atom. The van der Waals surface area contributed by atoms with Crippen molar-refractivity contribution in [3.8, 4) is 0 Å². The molecule has 4 atom stereocenters. The average Bonchev–Trinajstić information content (AvgIpc) is 2.77. The summed E-state index contributed by atoms with van der Waals surface area (Å²) < 4.78 is 14.4. The minimum atomic E-state index is -0.570. The number of hydrogen-bond acceptors (Lipinski definition) is 2. The van der Waals surface area contributed by atoms with E-state index in [1.165, 1.54) is 22.6 Å². The van der Waals surface area contributed by atoms with Gasteiger partial charge >= 0.3 is 0 Å². The summed E-state index contributed by atoms with van der Waals surface area (Å²) in [5, 5.41) is 11.5. The predicted molar refractivity (Wildman–Crippen MR) is 120 cm³/mol. The Morgan fingerprint density at radius 2 is 1.77 bits per heavy atom. The molecular formula is C26H36FN2O+. The lowest BCUT2D eigenvalue weighted by Crippen LogP contribution is -3.13. The Balaban J connectivity index is 1.67. The molecule has 2 aromatic carbocycles. The van der Waals surface area contributed by atoms with Gasteiger partial charge < -0.3 is 14.9 Å². The number of fused-ring (bicyclic) bond motifs is 1. The van der Waals surface area contributed by atoms with E-state index in [1.54, 1.807) is 12.1 Å². The number of quaternary nitrogens is 1. The van der Waals surface area contributed by atoms with Crippen molar-refractivity contribution < 1.29 is 14.4 Å². The van der Waals surface area contributed by atoms with E-state index in [0.29, 0.717) is 6.54 Å². The molecule has 30 heavy (non-hydrogen) atoms. The third-order valence-electron chi connectivity index (χ3n) is 7.54. The number of piperidine rings is 1. The lowest BCUT2D eigenvalue weighted by Gasteiger charge is -2.50. The normalized spacial score (nSPS) is 28.7. The van der Waals surface area contributed by atoms with Crippen molar-refractivity contribution in [1.82, 2.24) is 0 Å². The number of halogens is 1. The summed E-state index contributed by atoms with van der Waals surface area (Å²) >= 11 is 0. The van der Waals surface area contributed by atoms with Crippen LogP contribution >= 0.6 is 0 Å². The number of anilines is 1. The van der Waals surface area contributed by atoms with Crippen molar-refractivity contribution in [2.75, 3.05) is 24.5 Å². The Bertz CT molecular complexity index is 835. The Morgan fingerprint density at radius 3 is 2.47 bits per heavy atom. The topological polar surface area (TPSA) is 27.9 Å². The van der Waals surface area contributed by atoms with Gasteiger partial charge in [-0.1, -0.05) is 43.2 Å². The van der Waals surface area contributed by atoms with Crippen molar-refractivity contribution in [1.29, 1.82) is 0 Å². The van der Waals surface area contributed by atoms with Crippen LogP contribution in [0.1, 0.15) is 63.1 Å². The number of rotatable bonds is 6. The Hall–Kier alpha value is -1.91. The van der Waals surface area contributed by atoms with E-state index in [-0.39, 0.29) is 17.8 Å². The maximum absolute atomic E-state index is 14.4. The second-order valence-corrected chi connectivity index (χ2v) is 9.12. The largest absolute Gasteiger partial charge is 0.389 e. The van der Waals surface area contributed by atoms with Crippen molar-refractivity contribution in [3.63, 3.8) is 0 Å². The van der Waals surface area contributed by atoms with Crippen LogP contribution < -0.4 is 9.80 Å². The number of nitrogens with zero attached hydrogens (tertiary/aromatic N) is 1. The van der Waals surface area contributed by atoms with E-state index in [9.17, 15) is 9.50 Å².